The molecule has 1 heterocycles. The van der Waals surface area contributed by atoms with Crippen molar-refractivity contribution >= 4 is 18.4 Å². The van der Waals surface area contributed by atoms with E-state index in [4.69, 9.17) is 4.52 Å². The Bertz CT molecular complexity index is 247. The fourth-order valence-electron chi connectivity index (χ4n) is 1.09. The standard InChI is InChI=1S/C7H11N3O.ClH/c1-5-8-7(10-11-5)9-6-3-2-4-6;/h6H,2-4H2,1H3,(H,9,10);1H. The van der Waals surface area contributed by atoms with Gasteiger partial charge in [0, 0.05) is 13.0 Å². The highest BCUT2D eigenvalue weighted by atomic mass is 35.5. The van der Waals surface area contributed by atoms with Crippen molar-refractivity contribution in [3.8, 4) is 0 Å². The van der Waals surface area contributed by atoms with Gasteiger partial charge in [-0.1, -0.05) is 0 Å². The van der Waals surface area contributed by atoms with Crippen molar-refractivity contribution in [2.45, 2.75) is 32.2 Å². The van der Waals surface area contributed by atoms with Crippen molar-refractivity contribution < 1.29 is 4.52 Å². The summed E-state index contributed by atoms with van der Waals surface area (Å²) < 4.78 is 4.81. The van der Waals surface area contributed by atoms with Crippen LogP contribution in [-0.2, 0) is 0 Å². The van der Waals surface area contributed by atoms with Gasteiger partial charge in [-0.05, 0) is 24.4 Å². The lowest BCUT2D eigenvalue weighted by molar-refractivity contribution is 0.390. The van der Waals surface area contributed by atoms with Gasteiger partial charge in [-0.25, -0.2) is 0 Å². The van der Waals surface area contributed by atoms with E-state index in [2.05, 4.69) is 15.5 Å². The summed E-state index contributed by atoms with van der Waals surface area (Å²) in [6.07, 6.45) is 3.77. The summed E-state index contributed by atoms with van der Waals surface area (Å²) >= 11 is 0. The number of aromatic nitrogens is 2. The van der Waals surface area contributed by atoms with Gasteiger partial charge in [0.05, 0.1) is 0 Å². The average molecular weight is 190 g/mol. The molecule has 0 spiro atoms. The Morgan fingerprint density at radius 3 is 2.67 bits per heavy atom. The molecule has 4 nitrogen and oxygen atoms in total. The molecule has 1 aromatic rings. The number of anilines is 1. The van der Waals surface area contributed by atoms with Gasteiger partial charge >= 0.3 is 0 Å². The Kier molecular flexibility index (Phi) is 2.92. The highest BCUT2D eigenvalue weighted by Gasteiger charge is 2.18. The normalized spacial score (nSPS) is 16.4. The van der Waals surface area contributed by atoms with Crippen molar-refractivity contribution in [1.29, 1.82) is 0 Å². The quantitative estimate of drug-likeness (QED) is 0.771. The minimum atomic E-state index is 0. The smallest absolute Gasteiger partial charge is 0.263 e. The Hall–Kier alpha value is -0.770. The third-order valence-corrected chi connectivity index (χ3v) is 1.97. The van der Waals surface area contributed by atoms with E-state index in [1.54, 1.807) is 6.92 Å². The number of hydrogen-bond donors (Lipinski definition) is 1. The molecule has 1 aliphatic rings. The van der Waals surface area contributed by atoms with Crippen molar-refractivity contribution in [3.63, 3.8) is 0 Å². The molecule has 1 N–H and O–H groups in total. The number of aryl methyl sites for hydroxylation is 1. The Morgan fingerprint density at radius 2 is 2.25 bits per heavy atom. The first kappa shape index (κ1) is 9.32. The molecule has 1 saturated carbocycles. The molecule has 1 aromatic heterocycles. The zero-order valence-corrected chi connectivity index (χ0v) is 7.73. The lowest BCUT2D eigenvalue weighted by atomic mass is 9.93. The Labute approximate surface area is 77.1 Å². The molecule has 0 atom stereocenters. The molecule has 0 radical (unpaired) electrons. The molecule has 2 rings (SSSR count). The van der Waals surface area contributed by atoms with Crippen molar-refractivity contribution in [2.24, 2.45) is 0 Å². The third-order valence-electron chi connectivity index (χ3n) is 1.97. The topological polar surface area (TPSA) is 51.0 Å². The van der Waals surface area contributed by atoms with Crippen molar-refractivity contribution in [1.82, 2.24) is 10.1 Å². The van der Waals surface area contributed by atoms with E-state index in [1.807, 2.05) is 0 Å². The second kappa shape index (κ2) is 3.76. The summed E-state index contributed by atoms with van der Waals surface area (Å²) in [5.41, 5.74) is 0. The van der Waals surface area contributed by atoms with Crippen LogP contribution < -0.4 is 5.32 Å². The summed E-state index contributed by atoms with van der Waals surface area (Å²) in [6.45, 7) is 1.79. The van der Waals surface area contributed by atoms with Crippen LogP contribution in [0.3, 0.4) is 0 Å². The monoisotopic (exact) mass is 189 g/mol. The van der Waals surface area contributed by atoms with Crippen LogP contribution in [0.2, 0.25) is 0 Å². The highest BCUT2D eigenvalue weighted by Crippen LogP contribution is 2.21. The summed E-state index contributed by atoms with van der Waals surface area (Å²) in [6, 6.07) is 0.576. The van der Waals surface area contributed by atoms with Crippen LogP contribution in [0, 0.1) is 6.92 Å². The molecule has 0 amide bonds. The minimum absolute atomic E-state index is 0. The summed E-state index contributed by atoms with van der Waals surface area (Å²) in [4.78, 5) is 4.04. The van der Waals surface area contributed by atoms with E-state index in [-0.39, 0.29) is 12.4 Å². The van der Waals surface area contributed by atoms with Crippen LogP contribution in [0.15, 0.2) is 4.52 Å². The van der Waals surface area contributed by atoms with Gasteiger partial charge in [-0.15, -0.1) is 12.4 Å². The van der Waals surface area contributed by atoms with Crippen LogP contribution in [0.5, 0.6) is 0 Å². The summed E-state index contributed by atoms with van der Waals surface area (Å²) in [5, 5.41) is 6.92. The zero-order valence-electron chi connectivity index (χ0n) is 6.91. The third kappa shape index (κ3) is 1.88. The van der Waals surface area contributed by atoms with E-state index in [1.165, 1.54) is 19.3 Å². The van der Waals surface area contributed by atoms with Gasteiger partial charge in [0.1, 0.15) is 0 Å². The molecule has 68 valence electrons. The van der Waals surface area contributed by atoms with Crippen LogP contribution in [0.1, 0.15) is 25.2 Å². The molecule has 0 bridgehead atoms. The zero-order chi connectivity index (χ0) is 7.68. The minimum Gasteiger partial charge on any atom is -0.349 e. The SMILES string of the molecule is Cc1nc(NC2CCC2)no1.Cl. The van der Waals surface area contributed by atoms with Gasteiger partial charge in [0.2, 0.25) is 5.89 Å². The molecule has 12 heavy (non-hydrogen) atoms. The van der Waals surface area contributed by atoms with Gasteiger partial charge in [0.15, 0.2) is 0 Å². The second-order valence-electron chi connectivity index (χ2n) is 2.91. The van der Waals surface area contributed by atoms with Crippen LogP contribution in [0.25, 0.3) is 0 Å². The van der Waals surface area contributed by atoms with Crippen molar-refractivity contribution in [3.05, 3.63) is 5.89 Å². The molecule has 1 aliphatic carbocycles. The molecule has 1 fully saturated rings. The fraction of sp³-hybridized carbons (Fsp3) is 0.714. The predicted molar refractivity (Wildman–Crippen MR) is 47.5 cm³/mol. The van der Waals surface area contributed by atoms with E-state index in [9.17, 15) is 0 Å². The number of nitrogens with zero attached hydrogens (tertiary/aromatic N) is 2. The van der Waals surface area contributed by atoms with Gasteiger partial charge in [-0.2, -0.15) is 4.98 Å². The summed E-state index contributed by atoms with van der Waals surface area (Å²) in [7, 11) is 0. The lowest BCUT2D eigenvalue weighted by Crippen LogP contribution is -2.27. The van der Waals surface area contributed by atoms with Crippen molar-refractivity contribution in [2.75, 3.05) is 5.32 Å². The van der Waals surface area contributed by atoms with E-state index in [0.717, 1.165) is 0 Å². The molecule has 0 aromatic carbocycles. The first-order valence-corrected chi connectivity index (χ1v) is 3.91. The van der Waals surface area contributed by atoms with Crippen LogP contribution in [-0.4, -0.2) is 16.2 Å². The van der Waals surface area contributed by atoms with E-state index in [0.29, 0.717) is 17.9 Å². The first-order chi connectivity index (χ1) is 5.34. The molecule has 0 saturated heterocycles. The molecule has 0 unspecified atom stereocenters. The van der Waals surface area contributed by atoms with Gasteiger partial charge in [-0.3, -0.25) is 0 Å². The fourth-order valence-corrected chi connectivity index (χ4v) is 1.09. The van der Waals surface area contributed by atoms with E-state index >= 15 is 0 Å². The van der Waals surface area contributed by atoms with E-state index < -0.39 is 0 Å². The Balaban J connectivity index is 0.000000720. The van der Waals surface area contributed by atoms with Gasteiger partial charge in [0.25, 0.3) is 5.95 Å². The molecular formula is C7H12ClN3O. The van der Waals surface area contributed by atoms with Gasteiger partial charge < -0.3 is 9.84 Å². The maximum absolute atomic E-state index is 4.81. The van der Waals surface area contributed by atoms with Crippen LogP contribution >= 0.6 is 12.4 Å². The predicted octanol–water partition coefficient (Wildman–Crippen LogP) is 1.76. The number of hydrogen-bond acceptors (Lipinski definition) is 4. The average Bonchev–Trinajstić information content (AvgIpc) is 2.27. The first-order valence-electron chi connectivity index (χ1n) is 3.91. The molecular weight excluding hydrogens is 178 g/mol. The number of nitrogens with one attached hydrogen (secondary N) is 1. The second-order valence-corrected chi connectivity index (χ2v) is 2.91. The maximum atomic E-state index is 4.81. The highest BCUT2D eigenvalue weighted by molar-refractivity contribution is 5.85. The largest absolute Gasteiger partial charge is 0.349 e. The number of halogens is 1. The van der Waals surface area contributed by atoms with Crippen LogP contribution in [0.4, 0.5) is 5.95 Å². The molecule has 5 heteroatoms. The molecule has 0 aliphatic heterocycles. The Morgan fingerprint density at radius 1 is 1.50 bits per heavy atom. The number of rotatable bonds is 2. The maximum Gasteiger partial charge on any atom is 0.263 e. The summed E-state index contributed by atoms with van der Waals surface area (Å²) in [5.74, 6) is 1.25. The lowest BCUT2D eigenvalue weighted by Gasteiger charge is -2.25.